The molecule has 0 heterocycles. The van der Waals surface area contributed by atoms with E-state index in [9.17, 15) is 5.11 Å². The third kappa shape index (κ3) is 1.62. The van der Waals surface area contributed by atoms with Crippen LogP contribution in [0.1, 0.15) is 44.9 Å². The van der Waals surface area contributed by atoms with Gasteiger partial charge in [-0.3, -0.25) is 0 Å². The van der Waals surface area contributed by atoms with Crippen LogP contribution in [0.15, 0.2) is 0 Å². The summed E-state index contributed by atoms with van der Waals surface area (Å²) in [6.07, 6.45) is 8.63. The number of rotatable bonds is 1. The second-order valence-corrected chi connectivity index (χ2v) is 4.85. The number of hydrogen-bond acceptors (Lipinski definition) is 2. The van der Waals surface area contributed by atoms with Gasteiger partial charge in [-0.2, -0.15) is 0 Å². The van der Waals surface area contributed by atoms with Gasteiger partial charge in [-0.05, 0) is 31.1 Å². The Morgan fingerprint density at radius 1 is 1.15 bits per heavy atom. The highest BCUT2D eigenvalue weighted by atomic mass is 16.3. The van der Waals surface area contributed by atoms with Gasteiger partial charge in [0.1, 0.15) is 0 Å². The highest BCUT2D eigenvalue weighted by Crippen LogP contribution is 2.45. The van der Waals surface area contributed by atoms with Crippen molar-refractivity contribution in [2.24, 2.45) is 17.6 Å². The van der Waals surface area contributed by atoms with Gasteiger partial charge in [-0.25, -0.2) is 0 Å². The van der Waals surface area contributed by atoms with E-state index in [1.165, 1.54) is 38.5 Å². The van der Waals surface area contributed by atoms with Crippen molar-refractivity contribution in [2.75, 3.05) is 6.54 Å². The van der Waals surface area contributed by atoms with Crippen LogP contribution in [-0.4, -0.2) is 17.3 Å². The van der Waals surface area contributed by atoms with E-state index in [1.807, 2.05) is 0 Å². The molecule has 0 aliphatic heterocycles. The molecule has 0 aromatic heterocycles. The molecule has 2 rings (SSSR count). The fourth-order valence-corrected chi connectivity index (χ4v) is 3.37. The second kappa shape index (κ2) is 3.58. The molecule has 2 aliphatic carbocycles. The van der Waals surface area contributed by atoms with Crippen molar-refractivity contribution in [1.29, 1.82) is 0 Å². The topological polar surface area (TPSA) is 46.2 Å². The molecule has 13 heavy (non-hydrogen) atoms. The highest BCUT2D eigenvalue weighted by Gasteiger charge is 2.43. The van der Waals surface area contributed by atoms with Crippen molar-refractivity contribution < 1.29 is 5.11 Å². The Kier molecular flexibility index (Phi) is 2.61. The lowest BCUT2D eigenvalue weighted by Crippen LogP contribution is -2.51. The van der Waals surface area contributed by atoms with Gasteiger partial charge in [0.2, 0.25) is 0 Å². The summed E-state index contributed by atoms with van der Waals surface area (Å²) in [6.45, 7) is 0.466. The summed E-state index contributed by atoms with van der Waals surface area (Å²) < 4.78 is 0. The molecule has 2 nitrogen and oxygen atoms in total. The van der Waals surface area contributed by atoms with Gasteiger partial charge in [0.15, 0.2) is 0 Å². The van der Waals surface area contributed by atoms with E-state index in [0.29, 0.717) is 12.5 Å². The summed E-state index contributed by atoms with van der Waals surface area (Å²) in [7, 11) is 0. The van der Waals surface area contributed by atoms with Gasteiger partial charge in [0.25, 0.3) is 0 Å². The molecular weight excluding hydrogens is 162 g/mol. The molecule has 3 unspecified atom stereocenters. The third-order valence-electron chi connectivity index (χ3n) is 4.14. The van der Waals surface area contributed by atoms with E-state index >= 15 is 0 Å². The molecular formula is C11H21NO. The van der Waals surface area contributed by atoms with Crippen molar-refractivity contribution in [3.63, 3.8) is 0 Å². The zero-order chi connectivity index (χ0) is 9.31. The number of aliphatic hydroxyl groups is 1. The molecule has 0 aromatic rings. The first-order valence-corrected chi connectivity index (χ1v) is 5.69. The van der Waals surface area contributed by atoms with E-state index in [2.05, 4.69) is 0 Å². The standard InChI is InChI=1S/C11H21NO/c12-8-11(13)7-3-5-9-4-1-2-6-10(9)11/h9-10,13H,1-8,12H2. The smallest absolute Gasteiger partial charge is 0.0800 e. The minimum absolute atomic E-state index is 0.466. The lowest BCUT2D eigenvalue weighted by Gasteiger charge is -2.46. The van der Waals surface area contributed by atoms with Crippen LogP contribution in [0, 0.1) is 11.8 Å². The first-order chi connectivity index (χ1) is 6.26. The van der Waals surface area contributed by atoms with Gasteiger partial charge in [0.05, 0.1) is 5.60 Å². The molecule has 2 saturated carbocycles. The average Bonchev–Trinajstić information content (AvgIpc) is 2.19. The number of fused-ring (bicyclic) bond motifs is 1. The molecule has 0 radical (unpaired) electrons. The largest absolute Gasteiger partial charge is 0.388 e. The lowest BCUT2D eigenvalue weighted by atomic mass is 9.63. The molecule has 0 bridgehead atoms. The molecule has 2 heteroatoms. The number of hydrogen-bond donors (Lipinski definition) is 2. The predicted molar refractivity (Wildman–Crippen MR) is 53.3 cm³/mol. The van der Waals surface area contributed by atoms with Gasteiger partial charge in [-0.15, -0.1) is 0 Å². The summed E-state index contributed by atoms with van der Waals surface area (Å²) in [6, 6.07) is 0. The van der Waals surface area contributed by atoms with E-state index in [1.54, 1.807) is 0 Å². The van der Waals surface area contributed by atoms with Crippen molar-refractivity contribution in [2.45, 2.75) is 50.5 Å². The maximum absolute atomic E-state index is 10.4. The Bertz CT molecular complexity index is 181. The Morgan fingerprint density at radius 3 is 2.62 bits per heavy atom. The van der Waals surface area contributed by atoms with E-state index in [-0.39, 0.29) is 0 Å². The monoisotopic (exact) mass is 183 g/mol. The van der Waals surface area contributed by atoms with Crippen LogP contribution in [0.5, 0.6) is 0 Å². The third-order valence-corrected chi connectivity index (χ3v) is 4.14. The van der Waals surface area contributed by atoms with Gasteiger partial charge < -0.3 is 10.8 Å². The van der Waals surface area contributed by atoms with Crippen LogP contribution in [-0.2, 0) is 0 Å². The zero-order valence-electron chi connectivity index (χ0n) is 8.34. The van der Waals surface area contributed by atoms with E-state index < -0.39 is 5.60 Å². The molecule has 0 saturated heterocycles. The van der Waals surface area contributed by atoms with Crippen LogP contribution < -0.4 is 5.73 Å². The summed E-state index contributed by atoms with van der Waals surface area (Å²) in [5, 5.41) is 10.4. The Balaban J connectivity index is 2.11. The molecule has 0 aromatic carbocycles. The second-order valence-electron chi connectivity index (χ2n) is 4.85. The quantitative estimate of drug-likeness (QED) is 0.649. The maximum atomic E-state index is 10.4. The van der Waals surface area contributed by atoms with Crippen molar-refractivity contribution in [3.05, 3.63) is 0 Å². The van der Waals surface area contributed by atoms with Crippen LogP contribution >= 0.6 is 0 Å². The zero-order valence-corrected chi connectivity index (χ0v) is 8.34. The minimum atomic E-state index is -0.511. The van der Waals surface area contributed by atoms with E-state index in [4.69, 9.17) is 5.73 Å². The summed E-state index contributed by atoms with van der Waals surface area (Å²) in [5.41, 5.74) is 5.18. The highest BCUT2D eigenvalue weighted by molar-refractivity contribution is 4.96. The minimum Gasteiger partial charge on any atom is -0.388 e. The first-order valence-electron chi connectivity index (χ1n) is 5.69. The molecule has 2 fully saturated rings. The van der Waals surface area contributed by atoms with Crippen molar-refractivity contribution in [3.8, 4) is 0 Å². The fourth-order valence-electron chi connectivity index (χ4n) is 3.37. The molecule has 0 amide bonds. The van der Waals surface area contributed by atoms with Crippen LogP contribution in [0.4, 0.5) is 0 Å². The molecule has 0 spiro atoms. The van der Waals surface area contributed by atoms with Crippen molar-refractivity contribution >= 4 is 0 Å². The predicted octanol–water partition coefficient (Wildman–Crippen LogP) is 1.67. The molecule has 76 valence electrons. The fraction of sp³-hybridized carbons (Fsp3) is 1.00. The summed E-state index contributed by atoms with van der Waals surface area (Å²) in [4.78, 5) is 0. The van der Waals surface area contributed by atoms with Gasteiger partial charge >= 0.3 is 0 Å². The summed E-state index contributed by atoms with van der Waals surface area (Å²) in [5.74, 6) is 1.29. The van der Waals surface area contributed by atoms with Gasteiger partial charge in [0, 0.05) is 6.54 Å². The van der Waals surface area contributed by atoms with Crippen LogP contribution in [0.2, 0.25) is 0 Å². The number of nitrogens with two attached hydrogens (primary N) is 1. The van der Waals surface area contributed by atoms with Crippen molar-refractivity contribution in [1.82, 2.24) is 0 Å². The first kappa shape index (κ1) is 9.47. The lowest BCUT2D eigenvalue weighted by molar-refractivity contribution is -0.0807. The Hall–Kier alpha value is -0.0800. The summed E-state index contributed by atoms with van der Waals surface area (Å²) >= 11 is 0. The Labute approximate surface area is 80.5 Å². The normalized spacial score (nSPS) is 45.7. The van der Waals surface area contributed by atoms with Gasteiger partial charge in [-0.1, -0.05) is 25.7 Å². The maximum Gasteiger partial charge on any atom is 0.0800 e. The van der Waals surface area contributed by atoms with E-state index in [0.717, 1.165) is 12.3 Å². The van der Waals surface area contributed by atoms with Crippen LogP contribution in [0.3, 0.4) is 0 Å². The molecule has 2 aliphatic rings. The SMILES string of the molecule is NCC1(O)CCCC2CCCCC21. The Morgan fingerprint density at radius 2 is 1.85 bits per heavy atom. The molecule has 3 atom stereocenters. The van der Waals surface area contributed by atoms with Crippen LogP contribution in [0.25, 0.3) is 0 Å². The molecule has 3 N–H and O–H groups in total. The average molecular weight is 183 g/mol.